The summed E-state index contributed by atoms with van der Waals surface area (Å²) >= 11 is 0. The first-order chi connectivity index (χ1) is 8.09. The van der Waals surface area contributed by atoms with Crippen molar-refractivity contribution in [1.82, 2.24) is 10.2 Å². The van der Waals surface area contributed by atoms with Crippen LogP contribution in [0.2, 0.25) is 0 Å². The molecule has 0 spiro atoms. The predicted molar refractivity (Wildman–Crippen MR) is 69.8 cm³/mol. The van der Waals surface area contributed by atoms with Crippen molar-refractivity contribution in [1.29, 1.82) is 0 Å². The molecule has 3 heteroatoms. The molecule has 2 rings (SSSR count). The van der Waals surface area contributed by atoms with Crippen molar-refractivity contribution >= 4 is 5.91 Å². The first-order valence-corrected chi connectivity index (χ1v) is 7.10. The van der Waals surface area contributed by atoms with Gasteiger partial charge in [0.25, 0.3) is 0 Å². The van der Waals surface area contributed by atoms with E-state index in [1.165, 1.54) is 38.8 Å². The lowest BCUT2D eigenvalue weighted by Crippen LogP contribution is -2.61. The van der Waals surface area contributed by atoms with E-state index in [9.17, 15) is 4.79 Å². The van der Waals surface area contributed by atoms with Crippen molar-refractivity contribution in [3.63, 3.8) is 0 Å². The highest BCUT2D eigenvalue weighted by molar-refractivity contribution is 5.73. The third-order valence-electron chi connectivity index (χ3n) is 4.52. The van der Waals surface area contributed by atoms with Gasteiger partial charge in [-0.2, -0.15) is 0 Å². The number of rotatable bonds is 2. The van der Waals surface area contributed by atoms with E-state index in [1.807, 2.05) is 0 Å². The Morgan fingerprint density at radius 1 is 1.24 bits per heavy atom. The molecule has 0 bridgehead atoms. The van der Waals surface area contributed by atoms with Crippen molar-refractivity contribution in [2.45, 2.75) is 58.5 Å². The normalized spacial score (nSPS) is 34.5. The number of carbonyl (C=O) groups is 1. The topological polar surface area (TPSA) is 32.3 Å². The Bertz CT molecular complexity index is 277. The molecule has 0 aromatic carbocycles. The number of amides is 1. The van der Waals surface area contributed by atoms with Crippen LogP contribution in [0.5, 0.6) is 0 Å². The molecule has 2 heterocycles. The van der Waals surface area contributed by atoms with Gasteiger partial charge in [0, 0.05) is 19.0 Å². The van der Waals surface area contributed by atoms with Gasteiger partial charge in [0.2, 0.25) is 5.91 Å². The lowest BCUT2D eigenvalue weighted by molar-refractivity contribution is -0.121. The van der Waals surface area contributed by atoms with Gasteiger partial charge < -0.3 is 5.32 Å². The summed E-state index contributed by atoms with van der Waals surface area (Å²) in [5.41, 5.74) is 0. The molecule has 2 aliphatic rings. The predicted octanol–water partition coefficient (Wildman–Crippen LogP) is 2.02. The molecule has 0 aromatic rings. The van der Waals surface area contributed by atoms with Gasteiger partial charge in [0.15, 0.2) is 0 Å². The van der Waals surface area contributed by atoms with E-state index in [2.05, 4.69) is 24.1 Å². The molecule has 1 amide bonds. The average Bonchev–Trinajstić information content (AvgIpc) is 2.28. The highest BCUT2D eigenvalue weighted by Gasteiger charge is 2.40. The van der Waals surface area contributed by atoms with E-state index >= 15 is 0 Å². The van der Waals surface area contributed by atoms with Gasteiger partial charge in [-0.25, -0.2) is 0 Å². The minimum absolute atomic E-state index is 0.132. The standard InChI is InChI=1S/C14H26N2O/c1-10(2)12-7-9-16-8-5-4-6-13(16)14(12)15-11(3)17/h10,12-14H,4-9H2,1-3H3,(H,15,17)/t12-,13+,14-/m1/s1. The summed E-state index contributed by atoms with van der Waals surface area (Å²) in [5, 5.41) is 3.23. The zero-order chi connectivity index (χ0) is 12.4. The van der Waals surface area contributed by atoms with Crippen LogP contribution in [0, 0.1) is 11.8 Å². The monoisotopic (exact) mass is 238 g/mol. The molecule has 0 radical (unpaired) electrons. The van der Waals surface area contributed by atoms with Crippen LogP contribution in [-0.2, 0) is 4.79 Å². The molecule has 1 N–H and O–H groups in total. The zero-order valence-electron chi connectivity index (χ0n) is 11.4. The van der Waals surface area contributed by atoms with E-state index in [-0.39, 0.29) is 5.91 Å². The maximum atomic E-state index is 11.4. The zero-order valence-corrected chi connectivity index (χ0v) is 11.4. The fourth-order valence-electron chi connectivity index (χ4n) is 3.67. The van der Waals surface area contributed by atoms with Crippen LogP contribution in [0.3, 0.4) is 0 Å². The second-order valence-electron chi connectivity index (χ2n) is 6.02. The van der Waals surface area contributed by atoms with Crippen molar-refractivity contribution in [3.8, 4) is 0 Å². The number of hydrogen-bond donors (Lipinski definition) is 1. The van der Waals surface area contributed by atoms with Gasteiger partial charge in [-0.15, -0.1) is 0 Å². The Morgan fingerprint density at radius 2 is 2.00 bits per heavy atom. The summed E-state index contributed by atoms with van der Waals surface area (Å²) in [4.78, 5) is 14.0. The maximum absolute atomic E-state index is 11.4. The second-order valence-corrected chi connectivity index (χ2v) is 6.02. The molecule has 0 unspecified atom stereocenters. The van der Waals surface area contributed by atoms with Crippen LogP contribution < -0.4 is 5.32 Å². The van der Waals surface area contributed by atoms with Crippen LogP contribution in [0.4, 0.5) is 0 Å². The van der Waals surface area contributed by atoms with Gasteiger partial charge >= 0.3 is 0 Å². The quantitative estimate of drug-likeness (QED) is 0.798. The van der Waals surface area contributed by atoms with Gasteiger partial charge in [-0.05, 0) is 44.2 Å². The fraction of sp³-hybridized carbons (Fsp3) is 0.929. The third-order valence-corrected chi connectivity index (χ3v) is 4.52. The van der Waals surface area contributed by atoms with Crippen molar-refractivity contribution < 1.29 is 4.79 Å². The minimum atomic E-state index is 0.132. The number of fused-ring (bicyclic) bond motifs is 1. The fourth-order valence-corrected chi connectivity index (χ4v) is 3.67. The lowest BCUT2D eigenvalue weighted by atomic mass is 9.76. The van der Waals surface area contributed by atoms with Crippen LogP contribution in [0.1, 0.15) is 46.5 Å². The SMILES string of the molecule is CC(=O)N[C@@H]1[C@@H](C(C)C)CCN2CCCC[C@@H]12. The summed E-state index contributed by atoms with van der Waals surface area (Å²) in [6.45, 7) is 8.68. The molecule has 98 valence electrons. The minimum Gasteiger partial charge on any atom is -0.352 e. The first-order valence-electron chi connectivity index (χ1n) is 7.10. The van der Waals surface area contributed by atoms with Crippen LogP contribution >= 0.6 is 0 Å². The molecular weight excluding hydrogens is 212 g/mol. The molecule has 2 saturated heterocycles. The van der Waals surface area contributed by atoms with E-state index < -0.39 is 0 Å². The Labute approximate surface area is 105 Å². The summed E-state index contributed by atoms with van der Waals surface area (Å²) < 4.78 is 0. The lowest BCUT2D eigenvalue weighted by Gasteiger charge is -2.49. The Morgan fingerprint density at radius 3 is 2.65 bits per heavy atom. The van der Waals surface area contributed by atoms with E-state index in [1.54, 1.807) is 6.92 Å². The Hall–Kier alpha value is -0.570. The third kappa shape index (κ3) is 2.82. The molecule has 0 aliphatic carbocycles. The molecule has 17 heavy (non-hydrogen) atoms. The summed E-state index contributed by atoms with van der Waals surface area (Å²) in [7, 11) is 0. The van der Waals surface area contributed by atoms with Gasteiger partial charge in [0.05, 0.1) is 0 Å². The van der Waals surface area contributed by atoms with Crippen LogP contribution in [0.15, 0.2) is 0 Å². The number of hydrogen-bond acceptors (Lipinski definition) is 2. The van der Waals surface area contributed by atoms with Crippen molar-refractivity contribution in [2.75, 3.05) is 13.1 Å². The smallest absolute Gasteiger partial charge is 0.217 e. The molecule has 3 nitrogen and oxygen atoms in total. The first kappa shape index (κ1) is 12.9. The molecule has 0 aromatic heterocycles. The summed E-state index contributed by atoms with van der Waals surface area (Å²) in [6, 6.07) is 0.968. The van der Waals surface area contributed by atoms with Crippen molar-refractivity contribution in [3.05, 3.63) is 0 Å². The molecule has 0 saturated carbocycles. The van der Waals surface area contributed by atoms with Crippen LogP contribution in [0.25, 0.3) is 0 Å². The van der Waals surface area contributed by atoms with Gasteiger partial charge in [-0.3, -0.25) is 9.69 Å². The van der Waals surface area contributed by atoms with E-state index in [4.69, 9.17) is 0 Å². The summed E-state index contributed by atoms with van der Waals surface area (Å²) in [5.74, 6) is 1.45. The number of piperidine rings is 2. The Kier molecular flexibility index (Phi) is 4.08. The van der Waals surface area contributed by atoms with Gasteiger partial charge in [0.1, 0.15) is 0 Å². The maximum Gasteiger partial charge on any atom is 0.217 e. The highest BCUT2D eigenvalue weighted by atomic mass is 16.1. The number of nitrogens with zero attached hydrogens (tertiary/aromatic N) is 1. The van der Waals surface area contributed by atoms with Gasteiger partial charge in [-0.1, -0.05) is 20.3 Å². The molecule has 2 aliphatic heterocycles. The van der Waals surface area contributed by atoms with Crippen LogP contribution in [-0.4, -0.2) is 36.0 Å². The molecule has 3 atom stereocenters. The summed E-state index contributed by atoms with van der Waals surface area (Å²) in [6.07, 6.45) is 5.14. The largest absolute Gasteiger partial charge is 0.352 e. The highest BCUT2D eigenvalue weighted by Crippen LogP contribution is 2.33. The average molecular weight is 238 g/mol. The number of carbonyl (C=O) groups excluding carboxylic acids is 1. The van der Waals surface area contributed by atoms with Crippen molar-refractivity contribution in [2.24, 2.45) is 11.8 Å². The molecule has 2 fully saturated rings. The Balaban J connectivity index is 2.12. The van der Waals surface area contributed by atoms with E-state index in [0.717, 1.165) is 0 Å². The van der Waals surface area contributed by atoms with E-state index in [0.29, 0.717) is 23.9 Å². The molecular formula is C14H26N2O. The number of nitrogens with one attached hydrogen (secondary N) is 1. The second kappa shape index (κ2) is 5.38.